The molecular formula is C15H15FO3. The third-order valence-electron chi connectivity index (χ3n) is 3.67. The average molecular weight is 262 g/mol. The van der Waals surface area contributed by atoms with E-state index in [1.54, 1.807) is 6.07 Å². The number of methoxy groups -OCH3 is 1. The van der Waals surface area contributed by atoms with Crippen LogP contribution in [0.2, 0.25) is 0 Å². The fraction of sp³-hybridized carbons (Fsp3) is 0.333. The van der Waals surface area contributed by atoms with Gasteiger partial charge in [-0.25, -0.2) is 4.39 Å². The Morgan fingerprint density at radius 3 is 2.58 bits per heavy atom. The van der Waals surface area contributed by atoms with Gasteiger partial charge in [-0.1, -0.05) is 24.3 Å². The zero-order chi connectivity index (χ0) is 14.0. The summed E-state index contributed by atoms with van der Waals surface area (Å²) in [6.45, 7) is 3.81. The fourth-order valence-corrected chi connectivity index (χ4v) is 2.62. The van der Waals surface area contributed by atoms with E-state index in [-0.39, 0.29) is 5.56 Å². The van der Waals surface area contributed by atoms with Gasteiger partial charge < -0.3 is 4.74 Å². The zero-order valence-corrected chi connectivity index (χ0v) is 10.7. The highest BCUT2D eigenvalue weighted by atomic mass is 19.1. The molecule has 0 heterocycles. The molecule has 1 unspecified atom stereocenters. The number of hydrogen-bond acceptors (Lipinski definition) is 3. The Morgan fingerprint density at radius 2 is 2.05 bits per heavy atom. The van der Waals surface area contributed by atoms with Crippen molar-refractivity contribution >= 4 is 11.8 Å². The molecule has 1 fully saturated rings. The van der Waals surface area contributed by atoms with Crippen LogP contribution in [0.25, 0.3) is 0 Å². The lowest BCUT2D eigenvalue weighted by atomic mass is 9.76. The van der Waals surface area contributed by atoms with E-state index in [0.29, 0.717) is 24.8 Å². The maximum absolute atomic E-state index is 13.8. The van der Waals surface area contributed by atoms with E-state index in [1.807, 2.05) is 0 Å². The maximum atomic E-state index is 13.8. The highest BCUT2D eigenvalue weighted by Gasteiger charge is 2.52. The molecule has 1 aliphatic carbocycles. The molecule has 1 saturated carbocycles. The van der Waals surface area contributed by atoms with E-state index >= 15 is 0 Å². The van der Waals surface area contributed by atoms with Crippen LogP contribution in [0.15, 0.2) is 36.4 Å². The first-order valence-corrected chi connectivity index (χ1v) is 6.10. The molecule has 1 aliphatic rings. The molecule has 19 heavy (non-hydrogen) atoms. The highest BCUT2D eigenvalue weighted by molar-refractivity contribution is 6.15. The summed E-state index contributed by atoms with van der Waals surface area (Å²) in [4.78, 5) is 24.6. The molecule has 0 aromatic heterocycles. The smallest absolute Gasteiger partial charge is 0.323 e. The predicted octanol–water partition coefficient (Wildman–Crippen LogP) is 2.91. The van der Waals surface area contributed by atoms with Gasteiger partial charge in [0.2, 0.25) is 0 Å². The van der Waals surface area contributed by atoms with Gasteiger partial charge in [0, 0.05) is 0 Å². The van der Waals surface area contributed by atoms with Gasteiger partial charge in [0.15, 0.2) is 11.2 Å². The number of carbonyl (C=O) groups excluding carboxylic acids is 2. The second kappa shape index (κ2) is 4.96. The standard InChI is InChI=1S/C15H15FO3/c1-10-6-5-9-15(10,14(18)19-2)13(17)11-7-3-4-8-12(11)16/h3-4,7-8H,1,5-6,9H2,2H3. The lowest BCUT2D eigenvalue weighted by Crippen LogP contribution is -2.39. The Kier molecular flexibility index (Phi) is 3.51. The first-order valence-electron chi connectivity index (χ1n) is 6.10. The fourth-order valence-electron chi connectivity index (χ4n) is 2.62. The molecule has 0 aliphatic heterocycles. The number of esters is 1. The van der Waals surface area contributed by atoms with Gasteiger partial charge in [-0.05, 0) is 31.4 Å². The minimum absolute atomic E-state index is 0.0871. The number of hydrogen-bond donors (Lipinski definition) is 0. The van der Waals surface area contributed by atoms with Crippen LogP contribution in [0.3, 0.4) is 0 Å². The van der Waals surface area contributed by atoms with Crippen molar-refractivity contribution < 1.29 is 18.7 Å². The molecule has 0 bridgehead atoms. The van der Waals surface area contributed by atoms with E-state index < -0.39 is 23.0 Å². The van der Waals surface area contributed by atoms with Crippen LogP contribution in [-0.4, -0.2) is 18.9 Å². The Bertz CT molecular complexity index is 550. The second-order valence-corrected chi connectivity index (χ2v) is 4.66. The van der Waals surface area contributed by atoms with Crippen LogP contribution >= 0.6 is 0 Å². The predicted molar refractivity (Wildman–Crippen MR) is 68.2 cm³/mol. The number of carbonyl (C=O) groups is 2. The van der Waals surface area contributed by atoms with E-state index in [2.05, 4.69) is 6.58 Å². The van der Waals surface area contributed by atoms with Gasteiger partial charge in [0.1, 0.15) is 5.82 Å². The number of ketones is 1. The molecule has 0 radical (unpaired) electrons. The van der Waals surface area contributed by atoms with Gasteiger partial charge in [0.05, 0.1) is 12.7 Å². The maximum Gasteiger partial charge on any atom is 0.323 e. The topological polar surface area (TPSA) is 43.4 Å². The number of halogens is 1. The van der Waals surface area contributed by atoms with Crippen molar-refractivity contribution in [2.75, 3.05) is 7.11 Å². The van der Waals surface area contributed by atoms with Crippen LogP contribution in [0.4, 0.5) is 4.39 Å². The van der Waals surface area contributed by atoms with Crippen molar-refractivity contribution in [3.05, 3.63) is 47.8 Å². The quantitative estimate of drug-likeness (QED) is 0.364. The van der Waals surface area contributed by atoms with Gasteiger partial charge in [-0.3, -0.25) is 9.59 Å². The number of ether oxygens (including phenoxy) is 1. The summed E-state index contributed by atoms with van der Waals surface area (Å²) < 4.78 is 18.5. The molecule has 0 N–H and O–H groups in total. The summed E-state index contributed by atoms with van der Waals surface area (Å²) in [7, 11) is 1.23. The third kappa shape index (κ3) is 1.97. The molecule has 1 aromatic rings. The minimum atomic E-state index is -1.42. The first-order chi connectivity index (χ1) is 9.04. The minimum Gasteiger partial charge on any atom is -0.468 e. The summed E-state index contributed by atoms with van der Waals surface area (Å²) >= 11 is 0. The SMILES string of the molecule is C=C1CCCC1(C(=O)OC)C(=O)c1ccccc1F. The van der Waals surface area contributed by atoms with Gasteiger partial charge in [0.25, 0.3) is 0 Å². The van der Waals surface area contributed by atoms with Crippen molar-refractivity contribution in [3.63, 3.8) is 0 Å². The summed E-state index contributed by atoms with van der Waals surface area (Å²) in [5, 5.41) is 0. The Morgan fingerprint density at radius 1 is 1.37 bits per heavy atom. The molecule has 3 nitrogen and oxygen atoms in total. The van der Waals surface area contributed by atoms with Crippen molar-refractivity contribution in [1.82, 2.24) is 0 Å². The summed E-state index contributed by atoms with van der Waals surface area (Å²) in [6, 6.07) is 5.66. The molecular weight excluding hydrogens is 247 g/mol. The largest absolute Gasteiger partial charge is 0.468 e. The molecule has 2 rings (SSSR count). The number of benzene rings is 1. The van der Waals surface area contributed by atoms with Gasteiger partial charge in [-0.2, -0.15) is 0 Å². The summed E-state index contributed by atoms with van der Waals surface area (Å²) in [5.74, 6) is -1.83. The van der Waals surface area contributed by atoms with Gasteiger partial charge >= 0.3 is 5.97 Å². The molecule has 1 atom stereocenters. The summed E-state index contributed by atoms with van der Waals surface area (Å²) in [5.41, 5.74) is -1.000. The molecule has 1 aromatic carbocycles. The number of Topliss-reactive ketones (excluding diaryl/α,β-unsaturated/α-hetero) is 1. The highest BCUT2D eigenvalue weighted by Crippen LogP contribution is 2.45. The van der Waals surface area contributed by atoms with Crippen molar-refractivity contribution in [3.8, 4) is 0 Å². The Labute approximate surface area is 111 Å². The van der Waals surface area contributed by atoms with Crippen LogP contribution in [0, 0.1) is 11.2 Å². The lowest BCUT2D eigenvalue weighted by molar-refractivity contribution is -0.147. The van der Waals surface area contributed by atoms with Crippen LogP contribution in [0.5, 0.6) is 0 Å². The van der Waals surface area contributed by atoms with Crippen LogP contribution in [0.1, 0.15) is 29.6 Å². The van der Waals surface area contributed by atoms with E-state index in [4.69, 9.17) is 4.74 Å². The third-order valence-corrected chi connectivity index (χ3v) is 3.67. The van der Waals surface area contributed by atoms with E-state index in [0.717, 1.165) is 0 Å². The van der Waals surface area contributed by atoms with Crippen molar-refractivity contribution in [2.45, 2.75) is 19.3 Å². The molecule has 4 heteroatoms. The zero-order valence-electron chi connectivity index (χ0n) is 10.7. The van der Waals surface area contributed by atoms with Crippen molar-refractivity contribution in [2.24, 2.45) is 5.41 Å². The Hall–Kier alpha value is -1.97. The monoisotopic (exact) mass is 262 g/mol. The lowest BCUT2D eigenvalue weighted by Gasteiger charge is -2.26. The van der Waals surface area contributed by atoms with E-state index in [1.165, 1.54) is 25.3 Å². The van der Waals surface area contributed by atoms with Gasteiger partial charge in [-0.15, -0.1) is 0 Å². The number of rotatable bonds is 3. The Balaban J connectivity index is 2.52. The molecule has 0 saturated heterocycles. The van der Waals surface area contributed by atoms with Crippen LogP contribution < -0.4 is 0 Å². The first kappa shape index (κ1) is 13.5. The summed E-state index contributed by atoms with van der Waals surface area (Å²) in [6.07, 6.45) is 1.58. The normalized spacial score (nSPS) is 22.3. The van der Waals surface area contributed by atoms with Crippen LogP contribution in [-0.2, 0) is 9.53 Å². The van der Waals surface area contributed by atoms with Crippen molar-refractivity contribution in [1.29, 1.82) is 0 Å². The average Bonchev–Trinajstić information content (AvgIpc) is 2.80. The molecule has 0 amide bonds. The molecule has 100 valence electrons. The second-order valence-electron chi connectivity index (χ2n) is 4.66. The molecule has 0 spiro atoms. The van der Waals surface area contributed by atoms with E-state index in [9.17, 15) is 14.0 Å².